The summed E-state index contributed by atoms with van der Waals surface area (Å²) in [6.07, 6.45) is 87.8. The number of hydrogen-bond acceptors (Lipinski definition) is 7. The van der Waals surface area contributed by atoms with Gasteiger partial charge in [-0.15, -0.1) is 0 Å². The summed E-state index contributed by atoms with van der Waals surface area (Å²) >= 11 is 0. The Labute approximate surface area is 495 Å². The fraction of sp³-hybridized carbons (Fsp3) is 0.597. The number of nitrogens with zero attached hydrogens (tertiary/aromatic N) is 1. The van der Waals surface area contributed by atoms with Crippen LogP contribution in [0.5, 0.6) is 0 Å². The highest BCUT2D eigenvalue weighted by molar-refractivity contribution is 5.71. The van der Waals surface area contributed by atoms with Gasteiger partial charge in [-0.25, -0.2) is 4.79 Å². The van der Waals surface area contributed by atoms with Crippen LogP contribution < -0.4 is 0 Å². The number of carbonyl (C=O) groups is 3. The summed E-state index contributed by atoms with van der Waals surface area (Å²) in [7, 11) is 5.94. The molecule has 0 saturated heterocycles. The van der Waals surface area contributed by atoms with E-state index in [-0.39, 0.29) is 32.7 Å². The van der Waals surface area contributed by atoms with Crippen molar-refractivity contribution in [2.75, 3.05) is 47.5 Å². The molecule has 2 atom stereocenters. The van der Waals surface area contributed by atoms with Crippen molar-refractivity contribution in [3.8, 4) is 0 Å². The number of unbranched alkanes of at least 4 members (excludes halogenated alkanes) is 15. The van der Waals surface area contributed by atoms with E-state index in [2.05, 4.69) is 172 Å². The molecule has 0 rings (SSSR count). The highest BCUT2D eigenvalue weighted by Gasteiger charge is 2.25. The van der Waals surface area contributed by atoms with E-state index in [1.54, 1.807) is 0 Å². The lowest BCUT2D eigenvalue weighted by Crippen LogP contribution is -2.40. The van der Waals surface area contributed by atoms with Crippen LogP contribution in [0.25, 0.3) is 0 Å². The van der Waals surface area contributed by atoms with Gasteiger partial charge in [-0.1, -0.05) is 242 Å². The second-order valence-electron chi connectivity index (χ2n) is 21.6. The molecule has 0 aliphatic rings. The predicted octanol–water partition coefficient (Wildman–Crippen LogP) is 19.3. The van der Waals surface area contributed by atoms with Crippen LogP contribution in [0.1, 0.15) is 219 Å². The SMILES string of the molecule is CC/C=C\C/C=C\C/C=C\C/C=C\C/C=C\C/C=C\C/C=C\C/C=C\C/C=C\CCCCCCCCCCCCCCCC(=O)OC(COC(=O)CCCC/C=C\C/C=C\C/C=C\C/C=C\CC)COC(OCC[N+](C)(C)C)C(=O)O. The molecule has 0 aliphatic carbocycles. The zero-order valence-electron chi connectivity index (χ0n) is 51.9. The van der Waals surface area contributed by atoms with Crippen molar-refractivity contribution in [2.24, 2.45) is 0 Å². The van der Waals surface area contributed by atoms with E-state index in [0.29, 0.717) is 23.9 Å². The summed E-state index contributed by atoms with van der Waals surface area (Å²) in [5.41, 5.74) is 0. The lowest BCUT2D eigenvalue weighted by atomic mass is 10.0. The molecule has 0 aromatic heterocycles. The van der Waals surface area contributed by atoms with Crippen molar-refractivity contribution in [1.82, 2.24) is 0 Å². The predicted molar refractivity (Wildman–Crippen MR) is 345 cm³/mol. The first-order valence-electron chi connectivity index (χ1n) is 31.6. The Kier molecular flexibility index (Phi) is 57.2. The lowest BCUT2D eigenvalue weighted by Gasteiger charge is -2.25. The molecule has 2 unspecified atom stereocenters. The monoisotopic (exact) mass is 1120 g/mol. The van der Waals surface area contributed by atoms with Crippen molar-refractivity contribution >= 4 is 17.9 Å². The Morgan fingerprint density at radius 2 is 0.667 bits per heavy atom. The average Bonchev–Trinajstić information content (AvgIpc) is 3.44. The van der Waals surface area contributed by atoms with Crippen LogP contribution in [0.3, 0.4) is 0 Å². The Morgan fingerprint density at radius 1 is 0.370 bits per heavy atom. The Hall–Kier alpha value is -5.09. The van der Waals surface area contributed by atoms with Crippen molar-refractivity contribution in [3.63, 3.8) is 0 Å². The minimum Gasteiger partial charge on any atom is -0.477 e. The third-order valence-electron chi connectivity index (χ3n) is 12.8. The van der Waals surface area contributed by atoms with E-state index >= 15 is 0 Å². The number of quaternary nitrogens is 1. The van der Waals surface area contributed by atoms with Gasteiger partial charge >= 0.3 is 17.9 Å². The van der Waals surface area contributed by atoms with Gasteiger partial charge < -0.3 is 28.5 Å². The van der Waals surface area contributed by atoms with Crippen LogP contribution in [-0.2, 0) is 33.3 Å². The minimum atomic E-state index is -1.53. The van der Waals surface area contributed by atoms with Crippen molar-refractivity contribution in [2.45, 2.75) is 232 Å². The number of carboxylic acids is 1. The third kappa shape index (κ3) is 62.4. The maximum absolute atomic E-state index is 12.9. The first-order valence-corrected chi connectivity index (χ1v) is 31.6. The number of likely N-dealkylation sites (N-methyl/N-ethyl adjacent to an activating group) is 1. The van der Waals surface area contributed by atoms with Crippen molar-refractivity contribution < 1.29 is 42.9 Å². The second-order valence-corrected chi connectivity index (χ2v) is 21.6. The zero-order chi connectivity index (χ0) is 59.1. The number of carboxylic acid groups (broad SMARTS) is 1. The number of aliphatic carboxylic acids is 1. The molecule has 0 radical (unpaired) electrons. The van der Waals surface area contributed by atoms with Gasteiger partial charge in [0.1, 0.15) is 13.2 Å². The first kappa shape index (κ1) is 75.9. The molecule has 456 valence electrons. The van der Waals surface area contributed by atoms with E-state index in [4.69, 9.17) is 18.9 Å². The maximum atomic E-state index is 12.9. The first-order chi connectivity index (χ1) is 39.6. The summed E-state index contributed by atoms with van der Waals surface area (Å²) in [5.74, 6) is -2.08. The topological polar surface area (TPSA) is 108 Å². The van der Waals surface area contributed by atoms with Crippen LogP contribution in [0.4, 0.5) is 0 Å². The summed E-state index contributed by atoms with van der Waals surface area (Å²) < 4.78 is 22.8. The molecule has 0 aliphatic heterocycles. The molecule has 0 heterocycles. The van der Waals surface area contributed by atoms with Gasteiger partial charge in [0.15, 0.2) is 6.10 Å². The Bertz CT molecular complexity index is 1880. The standard InChI is InChI=1S/C72H115NO8/c1-6-8-10-12-14-16-18-20-22-23-24-25-26-27-28-29-30-31-32-33-34-35-36-37-38-39-40-41-42-43-44-45-46-47-49-51-53-55-57-59-61-63-70(75)81-68(67-80-72(71(76)77)78-65-64-73(3,4)5)66-79-69(74)62-60-58-56-54-52-50-48-21-19-17-15-13-11-9-7-2/h8-11,14-17,20-22,24-25,27-28,30-31,33-34,36-37,39-40,48,52,54,68,72H,6-7,12-13,18-19,23,26,29,32,35,38,41-47,49-51,53,55-67H2,1-5H3/p+1/b10-8-,11-9-,16-14-,17-15-,22-20-,25-24-,28-27-,31-30-,34-33-,37-36-,40-39-,48-21-,54-52-. The van der Waals surface area contributed by atoms with Gasteiger partial charge in [0, 0.05) is 12.8 Å². The van der Waals surface area contributed by atoms with Crippen LogP contribution in [0.15, 0.2) is 158 Å². The molecule has 81 heavy (non-hydrogen) atoms. The highest BCUT2D eigenvalue weighted by Crippen LogP contribution is 2.15. The molecule has 0 saturated carbocycles. The Balaban J connectivity index is 4.13. The van der Waals surface area contributed by atoms with Crippen LogP contribution >= 0.6 is 0 Å². The van der Waals surface area contributed by atoms with Gasteiger partial charge in [-0.05, 0) is 122 Å². The van der Waals surface area contributed by atoms with E-state index < -0.39 is 30.3 Å². The number of allylic oxidation sites excluding steroid dienone is 26. The zero-order valence-corrected chi connectivity index (χ0v) is 51.9. The van der Waals surface area contributed by atoms with E-state index in [9.17, 15) is 19.5 Å². The van der Waals surface area contributed by atoms with Gasteiger partial charge in [-0.2, -0.15) is 0 Å². The van der Waals surface area contributed by atoms with Crippen molar-refractivity contribution in [1.29, 1.82) is 0 Å². The van der Waals surface area contributed by atoms with E-state index in [0.717, 1.165) is 116 Å². The molecular formula is C72H116NO8+. The molecule has 9 heteroatoms. The second kappa shape index (κ2) is 61.0. The number of carbonyl (C=O) groups excluding carboxylic acids is 2. The summed E-state index contributed by atoms with van der Waals surface area (Å²) in [5, 5.41) is 9.70. The number of ether oxygens (including phenoxy) is 4. The highest BCUT2D eigenvalue weighted by atomic mass is 16.7. The van der Waals surface area contributed by atoms with Gasteiger partial charge in [0.2, 0.25) is 0 Å². The minimum absolute atomic E-state index is 0.173. The van der Waals surface area contributed by atoms with Crippen LogP contribution in [0, 0.1) is 0 Å². The van der Waals surface area contributed by atoms with Gasteiger partial charge in [-0.3, -0.25) is 9.59 Å². The summed E-state index contributed by atoms with van der Waals surface area (Å²) in [4.78, 5) is 37.4. The third-order valence-corrected chi connectivity index (χ3v) is 12.8. The number of esters is 2. The fourth-order valence-corrected chi connectivity index (χ4v) is 8.00. The smallest absolute Gasteiger partial charge is 0.361 e. The van der Waals surface area contributed by atoms with Crippen LogP contribution in [0.2, 0.25) is 0 Å². The molecule has 9 nitrogen and oxygen atoms in total. The lowest BCUT2D eigenvalue weighted by molar-refractivity contribution is -0.870. The van der Waals surface area contributed by atoms with Crippen molar-refractivity contribution in [3.05, 3.63) is 158 Å². The number of rotatable bonds is 56. The Morgan fingerprint density at radius 3 is 1.01 bits per heavy atom. The summed E-state index contributed by atoms with van der Waals surface area (Å²) in [6, 6.07) is 0. The molecule has 0 aromatic rings. The quantitative estimate of drug-likeness (QED) is 0.0211. The largest absolute Gasteiger partial charge is 0.477 e. The van der Waals surface area contributed by atoms with Gasteiger partial charge in [0.25, 0.3) is 6.29 Å². The van der Waals surface area contributed by atoms with E-state index in [1.807, 2.05) is 21.1 Å². The fourth-order valence-electron chi connectivity index (χ4n) is 8.00. The normalized spacial score (nSPS) is 13.8. The molecule has 0 spiro atoms. The molecular weight excluding hydrogens is 1010 g/mol. The molecule has 0 amide bonds. The number of hydrogen-bond donors (Lipinski definition) is 1. The molecule has 0 aromatic carbocycles. The van der Waals surface area contributed by atoms with Gasteiger partial charge in [0.05, 0.1) is 34.4 Å². The maximum Gasteiger partial charge on any atom is 0.361 e. The average molecular weight is 1120 g/mol. The summed E-state index contributed by atoms with van der Waals surface area (Å²) in [6.45, 7) is 4.57. The molecule has 0 bridgehead atoms. The van der Waals surface area contributed by atoms with Crippen LogP contribution in [-0.4, -0.2) is 87.4 Å². The molecule has 0 fully saturated rings. The van der Waals surface area contributed by atoms with E-state index in [1.165, 1.54) is 64.2 Å². The molecule has 1 N–H and O–H groups in total.